The molecule has 0 saturated carbocycles. The van der Waals surface area contributed by atoms with Gasteiger partial charge in [-0.2, -0.15) is 0 Å². The molecule has 0 bridgehead atoms. The van der Waals surface area contributed by atoms with Crippen molar-refractivity contribution in [3.8, 4) is 0 Å². The lowest BCUT2D eigenvalue weighted by Crippen LogP contribution is -2.38. The molecule has 2 rings (SSSR count). The summed E-state index contributed by atoms with van der Waals surface area (Å²) in [5, 5.41) is 0. The van der Waals surface area contributed by atoms with Gasteiger partial charge in [-0.15, -0.1) is 11.8 Å². The second-order valence-electron chi connectivity index (χ2n) is 4.05. The zero-order valence-corrected chi connectivity index (χ0v) is 10.9. The Morgan fingerprint density at radius 2 is 1.83 bits per heavy atom. The first-order valence-electron chi connectivity index (χ1n) is 5.91. The molecule has 0 spiro atoms. The molecule has 2 aromatic rings. The van der Waals surface area contributed by atoms with Crippen molar-refractivity contribution in [3.05, 3.63) is 60.4 Å². The third-order valence-electron chi connectivity index (χ3n) is 2.66. The third-order valence-corrected chi connectivity index (χ3v) is 3.84. The minimum Gasteiger partial charge on any atom is -0.271 e. The molecule has 4 heteroatoms. The van der Waals surface area contributed by atoms with Crippen LogP contribution in [0.25, 0.3) is 0 Å². The summed E-state index contributed by atoms with van der Waals surface area (Å²) >= 11 is 1.81. The normalized spacial score (nSPS) is 12.3. The maximum atomic E-state index is 5.61. The van der Waals surface area contributed by atoms with Crippen LogP contribution >= 0.6 is 11.8 Å². The Morgan fingerprint density at radius 1 is 1.11 bits per heavy atom. The Hall–Kier alpha value is -1.36. The van der Waals surface area contributed by atoms with Gasteiger partial charge < -0.3 is 0 Å². The zero-order valence-electron chi connectivity index (χ0n) is 10.1. The molecule has 0 fully saturated rings. The number of aromatic nitrogens is 1. The molecule has 1 aromatic carbocycles. The number of hydrogen-bond donors (Lipinski definition) is 2. The lowest BCUT2D eigenvalue weighted by molar-refractivity contribution is 0.575. The van der Waals surface area contributed by atoms with Crippen LogP contribution in [0.2, 0.25) is 0 Å². The molecular weight excluding hydrogens is 242 g/mol. The summed E-state index contributed by atoms with van der Waals surface area (Å²) in [6, 6.07) is 14.7. The maximum Gasteiger partial charge on any atom is 0.0344 e. The fourth-order valence-corrected chi connectivity index (χ4v) is 2.64. The first kappa shape index (κ1) is 13.1. The number of thioether (sulfide) groups is 1. The largest absolute Gasteiger partial charge is 0.271 e. The maximum absolute atomic E-state index is 5.61. The molecule has 1 aromatic heterocycles. The molecule has 18 heavy (non-hydrogen) atoms. The van der Waals surface area contributed by atoms with E-state index in [0.717, 1.165) is 12.2 Å². The molecule has 3 N–H and O–H groups in total. The Kier molecular flexibility index (Phi) is 5.20. The van der Waals surface area contributed by atoms with Crippen molar-refractivity contribution in [1.82, 2.24) is 10.4 Å². The molecule has 1 unspecified atom stereocenters. The van der Waals surface area contributed by atoms with Crippen LogP contribution in [-0.2, 0) is 6.42 Å². The minimum absolute atomic E-state index is 0.262. The standard InChI is InChI=1S/C14H17N3S/c15-17-13(10-12-6-8-16-9-7-12)11-18-14-4-2-1-3-5-14/h1-9,13,17H,10-11,15H2. The predicted molar refractivity (Wildman–Crippen MR) is 76.2 cm³/mol. The van der Waals surface area contributed by atoms with Gasteiger partial charge in [0.05, 0.1) is 0 Å². The van der Waals surface area contributed by atoms with Crippen LogP contribution in [0.4, 0.5) is 0 Å². The van der Waals surface area contributed by atoms with Gasteiger partial charge in [-0.25, -0.2) is 0 Å². The molecule has 0 aliphatic heterocycles. The van der Waals surface area contributed by atoms with Gasteiger partial charge in [-0.05, 0) is 36.2 Å². The molecule has 0 radical (unpaired) electrons. The van der Waals surface area contributed by atoms with Gasteiger partial charge >= 0.3 is 0 Å². The smallest absolute Gasteiger partial charge is 0.0344 e. The van der Waals surface area contributed by atoms with Crippen molar-refractivity contribution < 1.29 is 0 Å². The number of benzene rings is 1. The highest BCUT2D eigenvalue weighted by molar-refractivity contribution is 7.99. The van der Waals surface area contributed by atoms with Crippen LogP contribution in [0.15, 0.2) is 59.8 Å². The summed E-state index contributed by atoms with van der Waals surface area (Å²) in [7, 11) is 0. The van der Waals surface area contributed by atoms with Crippen LogP contribution in [-0.4, -0.2) is 16.8 Å². The van der Waals surface area contributed by atoms with Crippen molar-refractivity contribution in [3.63, 3.8) is 0 Å². The molecule has 3 nitrogen and oxygen atoms in total. The van der Waals surface area contributed by atoms with E-state index in [2.05, 4.69) is 34.7 Å². The molecule has 1 heterocycles. The fourth-order valence-electron chi connectivity index (χ4n) is 1.68. The van der Waals surface area contributed by atoms with Crippen molar-refractivity contribution >= 4 is 11.8 Å². The van der Waals surface area contributed by atoms with Gasteiger partial charge in [-0.3, -0.25) is 16.3 Å². The van der Waals surface area contributed by atoms with E-state index in [-0.39, 0.29) is 6.04 Å². The topological polar surface area (TPSA) is 50.9 Å². The summed E-state index contributed by atoms with van der Waals surface area (Å²) < 4.78 is 0. The minimum atomic E-state index is 0.262. The van der Waals surface area contributed by atoms with E-state index in [4.69, 9.17) is 5.84 Å². The van der Waals surface area contributed by atoms with Gasteiger partial charge in [0.15, 0.2) is 0 Å². The number of nitrogens with two attached hydrogens (primary N) is 1. The number of hydrazine groups is 1. The van der Waals surface area contributed by atoms with E-state index >= 15 is 0 Å². The van der Waals surface area contributed by atoms with Gasteiger partial charge in [0.1, 0.15) is 0 Å². The van der Waals surface area contributed by atoms with Gasteiger partial charge in [0, 0.05) is 29.1 Å². The molecule has 0 saturated heterocycles. The lowest BCUT2D eigenvalue weighted by atomic mass is 10.1. The van der Waals surface area contributed by atoms with Crippen molar-refractivity contribution in [2.24, 2.45) is 5.84 Å². The Bertz CT molecular complexity index is 447. The SMILES string of the molecule is NNC(CSc1ccccc1)Cc1ccncc1. The summed E-state index contributed by atoms with van der Waals surface area (Å²) in [5.74, 6) is 6.55. The quantitative estimate of drug-likeness (QED) is 0.474. The summed E-state index contributed by atoms with van der Waals surface area (Å²) in [6.07, 6.45) is 4.54. The van der Waals surface area contributed by atoms with Crippen molar-refractivity contribution in [2.45, 2.75) is 17.4 Å². The van der Waals surface area contributed by atoms with Crippen LogP contribution in [0.1, 0.15) is 5.56 Å². The van der Waals surface area contributed by atoms with E-state index < -0.39 is 0 Å². The average molecular weight is 259 g/mol. The van der Waals surface area contributed by atoms with Gasteiger partial charge in [0.25, 0.3) is 0 Å². The zero-order chi connectivity index (χ0) is 12.6. The Balaban J connectivity index is 1.86. The van der Waals surface area contributed by atoms with E-state index in [9.17, 15) is 0 Å². The number of rotatable bonds is 6. The number of nitrogens with zero attached hydrogens (tertiary/aromatic N) is 1. The number of nitrogens with one attached hydrogen (secondary N) is 1. The summed E-state index contributed by atoms with van der Waals surface area (Å²) in [6.45, 7) is 0. The molecule has 1 atom stereocenters. The van der Waals surface area contributed by atoms with Crippen molar-refractivity contribution in [1.29, 1.82) is 0 Å². The summed E-state index contributed by atoms with van der Waals surface area (Å²) in [5.41, 5.74) is 4.13. The first-order valence-corrected chi connectivity index (χ1v) is 6.90. The van der Waals surface area contributed by atoms with Crippen LogP contribution in [0.5, 0.6) is 0 Å². The fraction of sp³-hybridized carbons (Fsp3) is 0.214. The lowest BCUT2D eigenvalue weighted by Gasteiger charge is -2.15. The number of hydrogen-bond acceptors (Lipinski definition) is 4. The van der Waals surface area contributed by atoms with Gasteiger partial charge in [-0.1, -0.05) is 18.2 Å². The van der Waals surface area contributed by atoms with E-state index in [0.29, 0.717) is 0 Å². The van der Waals surface area contributed by atoms with Crippen LogP contribution in [0, 0.1) is 0 Å². The monoisotopic (exact) mass is 259 g/mol. The molecule has 0 aliphatic carbocycles. The molecular formula is C14H17N3S. The van der Waals surface area contributed by atoms with Crippen LogP contribution < -0.4 is 11.3 Å². The Morgan fingerprint density at radius 3 is 2.50 bits per heavy atom. The number of pyridine rings is 1. The van der Waals surface area contributed by atoms with Crippen molar-refractivity contribution in [2.75, 3.05) is 5.75 Å². The predicted octanol–water partition coefficient (Wildman–Crippen LogP) is 2.25. The van der Waals surface area contributed by atoms with Gasteiger partial charge in [0.2, 0.25) is 0 Å². The van der Waals surface area contributed by atoms with E-state index in [1.807, 2.05) is 42.4 Å². The van der Waals surface area contributed by atoms with E-state index in [1.165, 1.54) is 10.5 Å². The first-order chi connectivity index (χ1) is 8.88. The molecule has 0 aliphatic rings. The molecule has 94 valence electrons. The molecule has 0 amide bonds. The van der Waals surface area contributed by atoms with E-state index in [1.54, 1.807) is 0 Å². The summed E-state index contributed by atoms with van der Waals surface area (Å²) in [4.78, 5) is 5.29. The third kappa shape index (κ3) is 4.14. The second kappa shape index (κ2) is 7.16. The highest BCUT2D eigenvalue weighted by Crippen LogP contribution is 2.18. The average Bonchev–Trinajstić information content (AvgIpc) is 2.45. The van der Waals surface area contributed by atoms with Crippen LogP contribution in [0.3, 0.4) is 0 Å². The highest BCUT2D eigenvalue weighted by atomic mass is 32.2. The Labute approximate surface area is 112 Å². The second-order valence-corrected chi connectivity index (χ2v) is 5.14. The highest BCUT2D eigenvalue weighted by Gasteiger charge is 2.08.